The minimum absolute atomic E-state index is 0.0541. The Hall–Kier alpha value is -3.34. The quantitative estimate of drug-likeness (QED) is 0.480. The molecule has 0 fully saturated rings. The molecule has 7 nitrogen and oxygen atoms in total. The highest BCUT2D eigenvalue weighted by Crippen LogP contribution is 2.38. The third-order valence-corrected chi connectivity index (χ3v) is 7.66. The van der Waals surface area contributed by atoms with Crippen LogP contribution in [0, 0.1) is 41.5 Å². The van der Waals surface area contributed by atoms with Crippen molar-refractivity contribution in [2.24, 2.45) is 0 Å². The van der Waals surface area contributed by atoms with Gasteiger partial charge in [-0.1, -0.05) is 5.16 Å². The predicted molar refractivity (Wildman–Crippen MR) is 122 cm³/mol. The number of nitrogens with zero attached hydrogens (tertiary/aromatic N) is 1. The monoisotopic (exact) mass is 495 g/mol. The molecule has 2 aromatic carbocycles. The molecule has 3 rings (SSSR count). The Kier molecular flexibility index (Phi) is 6.53. The summed E-state index contributed by atoms with van der Waals surface area (Å²) in [6.45, 7) is 10.1. The van der Waals surface area contributed by atoms with E-state index in [1.165, 1.54) is 13.0 Å². The third-order valence-electron chi connectivity index (χ3n) is 6.02. The van der Waals surface area contributed by atoms with Gasteiger partial charge in [-0.3, -0.25) is 9.52 Å². The zero-order chi connectivity index (χ0) is 25.6. The molecule has 0 atom stereocenters. The van der Waals surface area contributed by atoms with Crippen LogP contribution in [0.3, 0.4) is 0 Å². The summed E-state index contributed by atoms with van der Waals surface area (Å²) in [4.78, 5) is 12.3. The summed E-state index contributed by atoms with van der Waals surface area (Å²) in [5.74, 6) is -0.510. The van der Waals surface area contributed by atoms with Crippen LogP contribution < -0.4 is 10.0 Å². The highest BCUT2D eigenvalue weighted by Gasteiger charge is 2.36. The second kappa shape index (κ2) is 8.79. The molecule has 0 saturated carbocycles. The molecule has 182 valence electrons. The van der Waals surface area contributed by atoms with Crippen molar-refractivity contribution in [1.29, 1.82) is 0 Å². The Morgan fingerprint density at radius 2 is 1.50 bits per heavy atom. The number of hydrogen-bond donors (Lipinski definition) is 2. The first kappa shape index (κ1) is 25.3. The maximum atomic E-state index is 13.8. The summed E-state index contributed by atoms with van der Waals surface area (Å²) >= 11 is 0. The molecular weight excluding hydrogens is 471 g/mol. The molecular formula is C23H24F3N3O4S. The van der Waals surface area contributed by atoms with Gasteiger partial charge in [-0.15, -0.1) is 0 Å². The number of aryl methyl sites for hydroxylation is 1. The van der Waals surface area contributed by atoms with Crippen molar-refractivity contribution in [3.05, 3.63) is 69.1 Å². The van der Waals surface area contributed by atoms with Gasteiger partial charge in [-0.05, 0) is 87.6 Å². The van der Waals surface area contributed by atoms with E-state index in [0.717, 1.165) is 29.0 Å². The summed E-state index contributed by atoms with van der Waals surface area (Å²) in [5, 5.41) is 5.81. The Labute approximate surface area is 195 Å². The van der Waals surface area contributed by atoms with Gasteiger partial charge in [0.15, 0.2) is 0 Å². The SMILES string of the molecule is Cc1oncc1C(=O)Nc1ccc(NS(=O)(=O)c2c(C)c(C)c(C)c(C)c2C)c(C(F)(F)F)c1. The van der Waals surface area contributed by atoms with E-state index in [4.69, 9.17) is 4.52 Å². The predicted octanol–water partition coefficient (Wildman–Crippen LogP) is 5.60. The van der Waals surface area contributed by atoms with E-state index in [1.807, 2.05) is 6.92 Å². The molecule has 0 aliphatic rings. The first-order chi connectivity index (χ1) is 15.6. The van der Waals surface area contributed by atoms with E-state index in [2.05, 4.69) is 15.2 Å². The van der Waals surface area contributed by atoms with Gasteiger partial charge in [-0.25, -0.2) is 8.42 Å². The maximum absolute atomic E-state index is 13.8. The number of sulfonamides is 1. The summed E-state index contributed by atoms with van der Waals surface area (Å²) < 4.78 is 74.9. The van der Waals surface area contributed by atoms with Crippen LogP contribution in [-0.2, 0) is 16.2 Å². The smallest absolute Gasteiger partial charge is 0.361 e. The lowest BCUT2D eigenvalue weighted by Crippen LogP contribution is -2.21. The number of anilines is 2. The lowest BCUT2D eigenvalue weighted by atomic mass is 9.95. The number of aromatic nitrogens is 1. The van der Waals surface area contributed by atoms with Crippen LogP contribution in [0.15, 0.2) is 33.8 Å². The molecule has 0 radical (unpaired) electrons. The second-order valence-corrected chi connectivity index (χ2v) is 9.69. The van der Waals surface area contributed by atoms with Gasteiger partial charge in [0.05, 0.1) is 22.3 Å². The molecule has 3 aromatic rings. The van der Waals surface area contributed by atoms with E-state index in [1.54, 1.807) is 27.7 Å². The van der Waals surface area contributed by atoms with Crippen molar-refractivity contribution >= 4 is 27.3 Å². The number of carbonyl (C=O) groups excluding carboxylic acids is 1. The second-order valence-electron chi connectivity index (χ2n) is 8.07. The van der Waals surface area contributed by atoms with Gasteiger partial charge < -0.3 is 9.84 Å². The standard InChI is InChI=1S/C23H24F3N3O4S/c1-11-12(2)14(4)21(15(5)13(11)3)34(31,32)29-20-8-7-17(9-19(20)23(24,25)26)28-22(30)18-10-27-33-16(18)6/h7-10,29H,1-6H3,(H,28,30). The molecule has 11 heteroatoms. The van der Waals surface area contributed by atoms with Gasteiger partial charge in [-0.2, -0.15) is 13.2 Å². The first-order valence-electron chi connectivity index (χ1n) is 10.2. The van der Waals surface area contributed by atoms with Gasteiger partial charge in [0.1, 0.15) is 11.3 Å². The molecule has 1 aromatic heterocycles. The molecule has 0 aliphatic carbocycles. The van der Waals surface area contributed by atoms with Gasteiger partial charge in [0.2, 0.25) is 0 Å². The molecule has 34 heavy (non-hydrogen) atoms. The van der Waals surface area contributed by atoms with Gasteiger partial charge >= 0.3 is 6.18 Å². The van der Waals surface area contributed by atoms with Gasteiger partial charge in [0, 0.05) is 5.69 Å². The summed E-state index contributed by atoms with van der Waals surface area (Å²) in [6, 6.07) is 2.82. The molecule has 1 amide bonds. The number of halogens is 3. The zero-order valence-corrected chi connectivity index (χ0v) is 20.2. The number of nitrogens with one attached hydrogen (secondary N) is 2. The summed E-state index contributed by atoms with van der Waals surface area (Å²) in [7, 11) is -4.35. The summed E-state index contributed by atoms with van der Waals surface area (Å²) in [5.41, 5.74) is 1.36. The van der Waals surface area contributed by atoms with Crippen molar-refractivity contribution in [2.75, 3.05) is 10.0 Å². The number of benzene rings is 2. The average molecular weight is 496 g/mol. The Morgan fingerprint density at radius 1 is 0.941 bits per heavy atom. The van der Waals surface area contributed by atoms with Crippen molar-refractivity contribution < 1.29 is 30.9 Å². The minimum Gasteiger partial charge on any atom is -0.361 e. The van der Waals surface area contributed by atoms with E-state index >= 15 is 0 Å². The van der Waals surface area contributed by atoms with E-state index in [0.29, 0.717) is 17.2 Å². The Morgan fingerprint density at radius 3 is 2.00 bits per heavy atom. The van der Waals surface area contributed by atoms with E-state index in [9.17, 15) is 26.4 Å². The number of alkyl halides is 3. The number of carbonyl (C=O) groups is 1. The van der Waals surface area contributed by atoms with Crippen molar-refractivity contribution in [3.8, 4) is 0 Å². The normalized spacial score (nSPS) is 12.0. The van der Waals surface area contributed by atoms with Crippen molar-refractivity contribution in [1.82, 2.24) is 5.16 Å². The fourth-order valence-electron chi connectivity index (χ4n) is 3.73. The Balaban J connectivity index is 2.04. The molecule has 0 bridgehead atoms. The molecule has 0 spiro atoms. The maximum Gasteiger partial charge on any atom is 0.418 e. The Bertz CT molecular complexity index is 1360. The van der Waals surface area contributed by atoms with Crippen LogP contribution >= 0.6 is 0 Å². The van der Waals surface area contributed by atoms with Crippen LogP contribution in [0.25, 0.3) is 0 Å². The number of hydrogen-bond acceptors (Lipinski definition) is 5. The number of rotatable bonds is 5. The zero-order valence-electron chi connectivity index (χ0n) is 19.4. The molecule has 0 unspecified atom stereocenters. The fourth-order valence-corrected chi connectivity index (χ4v) is 5.41. The largest absolute Gasteiger partial charge is 0.418 e. The topological polar surface area (TPSA) is 101 Å². The first-order valence-corrected chi connectivity index (χ1v) is 11.7. The fraction of sp³-hybridized carbons (Fsp3) is 0.304. The molecule has 1 heterocycles. The molecule has 0 saturated heterocycles. The average Bonchev–Trinajstić information content (AvgIpc) is 3.17. The highest BCUT2D eigenvalue weighted by atomic mass is 32.2. The van der Waals surface area contributed by atoms with Crippen LogP contribution in [0.1, 0.15) is 49.5 Å². The van der Waals surface area contributed by atoms with Crippen LogP contribution in [-0.4, -0.2) is 19.5 Å². The molecule has 2 N–H and O–H groups in total. The highest BCUT2D eigenvalue weighted by molar-refractivity contribution is 7.92. The van der Waals surface area contributed by atoms with Crippen LogP contribution in [0.2, 0.25) is 0 Å². The molecule has 0 aliphatic heterocycles. The minimum atomic E-state index is -4.89. The summed E-state index contributed by atoms with van der Waals surface area (Å²) in [6.07, 6.45) is -3.75. The lowest BCUT2D eigenvalue weighted by molar-refractivity contribution is -0.136. The van der Waals surface area contributed by atoms with Crippen molar-refractivity contribution in [3.63, 3.8) is 0 Å². The van der Waals surface area contributed by atoms with Gasteiger partial charge in [0.25, 0.3) is 15.9 Å². The van der Waals surface area contributed by atoms with Crippen LogP contribution in [0.5, 0.6) is 0 Å². The third kappa shape index (κ3) is 4.65. The van der Waals surface area contributed by atoms with Crippen LogP contribution in [0.4, 0.5) is 24.5 Å². The number of amides is 1. The lowest BCUT2D eigenvalue weighted by Gasteiger charge is -2.21. The van der Waals surface area contributed by atoms with E-state index in [-0.39, 0.29) is 21.9 Å². The van der Waals surface area contributed by atoms with Crippen molar-refractivity contribution in [2.45, 2.75) is 52.6 Å². The van der Waals surface area contributed by atoms with E-state index < -0.39 is 33.4 Å².